The van der Waals surface area contributed by atoms with Crippen LogP contribution in [-0.2, 0) is 16.0 Å². The normalized spacial score (nSPS) is 15.6. The first-order chi connectivity index (χ1) is 10.6. The zero-order valence-electron chi connectivity index (χ0n) is 12.2. The van der Waals surface area contributed by atoms with E-state index in [9.17, 15) is 14.7 Å². The van der Waals surface area contributed by atoms with Gasteiger partial charge in [-0.15, -0.1) is 0 Å². The summed E-state index contributed by atoms with van der Waals surface area (Å²) in [7, 11) is 0. The van der Waals surface area contributed by atoms with Crippen molar-refractivity contribution in [2.24, 2.45) is 0 Å². The Hall–Kier alpha value is -2.62. The lowest BCUT2D eigenvalue weighted by Gasteiger charge is -2.32. The van der Waals surface area contributed by atoms with Crippen molar-refractivity contribution in [3.8, 4) is 5.75 Å². The Kier molecular flexibility index (Phi) is 3.67. The number of carbonyl (C=O) groups excluding carboxylic acids is 2. The predicted octanol–water partition coefficient (Wildman–Crippen LogP) is 2.83. The standard InChI is InChI=1S/C18H16O4/c1-11(19)22-10-14-9-13-7-8-15(20)17(16(13)14)18(21)12-5-3-2-4-6-12/h2-8,14,20H,9-10H2,1H3. The minimum atomic E-state index is -0.343. The van der Waals surface area contributed by atoms with Crippen LogP contribution < -0.4 is 0 Å². The highest BCUT2D eigenvalue weighted by Gasteiger charge is 2.34. The van der Waals surface area contributed by atoms with Gasteiger partial charge in [-0.2, -0.15) is 0 Å². The smallest absolute Gasteiger partial charge is 0.302 e. The van der Waals surface area contributed by atoms with Crippen LogP contribution in [0.1, 0.15) is 39.9 Å². The van der Waals surface area contributed by atoms with Gasteiger partial charge in [0.25, 0.3) is 0 Å². The summed E-state index contributed by atoms with van der Waals surface area (Å²) in [4.78, 5) is 23.7. The predicted molar refractivity (Wildman–Crippen MR) is 81.1 cm³/mol. The minimum absolute atomic E-state index is 0.0277. The number of carbonyl (C=O) groups is 2. The number of phenolic OH excluding ortho intramolecular Hbond substituents is 1. The van der Waals surface area contributed by atoms with Gasteiger partial charge >= 0.3 is 5.97 Å². The van der Waals surface area contributed by atoms with E-state index in [4.69, 9.17) is 4.74 Å². The summed E-state index contributed by atoms with van der Waals surface area (Å²) in [5, 5.41) is 10.1. The van der Waals surface area contributed by atoms with Gasteiger partial charge in [0.05, 0.1) is 12.2 Å². The Labute approximate surface area is 128 Å². The number of phenols is 1. The van der Waals surface area contributed by atoms with Crippen LogP contribution in [0.15, 0.2) is 42.5 Å². The van der Waals surface area contributed by atoms with Crippen LogP contribution in [0.3, 0.4) is 0 Å². The quantitative estimate of drug-likeness (QED) is 0.696. The van der Waals surface area contributed by atoms with E-state index < -0.39 is 0 Å². The molecule has 0 aromatic heterocycles. The number of esters is 1. The largest absolute Gasteiger partial charge is 0.507 e. The molecule has 1 unspecified atom stereocenters. The second-order valence-electron chi connectivity index (χ2n) is 5.43. The first kappa shape index (κ1) is 14.3. The lowest BCUT2D eigenvalue weighted by molar-refractivity contribution is -0.141. The molecule has 0 radical (unpaired) electrons. The second-order valence-corrected chi connectivity index (χ2v) is 5.43. The molecule has 2 aromatic carbocycles. The Balaban J connectivity index is 1.97. The molecule has 2 aromatic rings. The molecule has 0 aliphatic heterocycles. The average Bonchev–Trinajstić information content (AvgIpc) is 2.49. The first-order valence-electron chi connectivity index (χ1n) is 7.15. The topological polar surface area (TPSA) is 63.6 Å². The molecule has 1 aliphatic rings. The zero-order valence-corrected chi connectivity index (χ0v) is 12.2. The van der Waals surface area contributed by atoms with Crippen molar-refractivity contribution in [2.45, 2.75) is 19.3 Å². The maximum Gasteiger partial charge on any atom is 0.302 e. The summed E-state index contributed by atoms with van der Waals surface area (Å²) < 4.78 is 5.05. The lowest BCUT2D eigenvalue weighted by Crippen LogP contribution is -2.26. The van der Waals surface area contributed by atoms with Crippen molar-refractivity contribution in [1.82, 2.24) is 0 Å². The van der Waals surface area contributed by atoms with Crippen molar-refractivity contribution < 1.29 is 19.4 Å². The van der Waals surface area contributed by atoms with E-state index in [-0.39, 0.29) is 30.0 Å². The molecule has 1 aliphatic carbocycles. The fourth-order valence-corrected chi connectivity index (χ4v) is 2.86. The molecule has 0 saturated carbocycles. The molecule has 4 nitrogen and oxygen atoms in total. The third kappa shape index (κ3) is 2.48. The average molecular weight is 296 g/mol. The van der Waals surface area contributed by atoms with E-state index >= 15 is 0 Å². The first-order valence-corrected chi connectivity index (χ1v) is 7.15. The minimum Gasteiger partial charge on any atom is -0.507 e. The molecule has 0 amide bonds. The van der Waals surface area contributed by atoms with Crippen molar-refractivity contribution in [2.75, 3.05) is 6.61 Å². The molecular weight excluding hydrogens is 280 g/mol. The maximum atomic E-state index is 12.7. The number of benzene rings is 2. The van der Waals surface area contributed by atoms with Crippen LogP contribution in [-0.4, -0.2) is 23.5 Å². The summed E-state index contributed by atoms with van der Waals surface area (Å²) in [5.74, 6) is -0.610. The molecule has 3 rings (SSSR count). The molecular formula is C18H16O4. The molecule has 0 saturated heterocycles. The highest BCUT2D eigenvalue weighted by molar-refractivity contribution is 6.12. The molecule has 0 fully saturated rings. The summed E-state index contributed by atoms with van der Waals surface area (Å²) in [6.07, 6.45) is 0.748. The number of fused-ring (bicyclic) bond motifs is 1. The number of aromatic hydroxyl groups is 1. The third-order valence-electron chi connectivity index (χ3n) is 3.94. The van der Waals surface area contributed by atoms with Gasteiger partial charge in [0.15, 0.2) is 5.78 Å². The number of rotatable bonds is 4. The Morgan fingerprint density at radius 3 is 2.59 bits per heavy atom. The zero-order chi connectivity index (χ0) is 15.7. The molecule has 22 heavy (non-hydrogen) atoms. The van der Waals surface area contributed by atoms with E-state index in [0.29, 0.717) is 11.1 Å². The highest BCUT2D eigenvalue weighted by Crippen LogP contribution is 2.42. The van der Waals surface area contributed by atoms with E-state index in [1.807, 2.05) is 12.1 Å². The number of hydrogen-bond acceptors (Lipinski definition) is 4. The lowest BCUT2D eigenvalue weighted by atomic mass is 9.73. The van der Waals surface area contributed by atoms with E-state index in [1.165, 1.54) is 6.92 Å². The summed E-state index contributed by atoms with van der Waals surface area (Å²) in [6, 6.07) is 12.2. The van der Waals surface area contributed by atoms with Crippen LogP contribution in [0, 0.1) is 0 Å². The second kappa shape index (κ2) is 5.64. The Bertz CT molecular complexity index is 734. The van der Waals surface area contributed by atoms with Crippen LogP contribution in [0.5, 0.6) is 5.75 Å². The molecule has 0 heterocycles. The monoisotopic (exact) mass is 296 g/mol. The van der Waals surface area contributed by atoms with E-state index in [2.05, 4.69) is 0 Å². The third-order valence-corrected chi connectivity index (χ3v) is 3.94. The molecule has 0 spiro atoms. The number of ketones is 1. The summed E-state index contributed by atoms with van der Waals surface area (Å²) in [6.45, 7) is 1.60. The molecule has 1 N–H and O–H groups in total. The van der Waals surface area contributed by atoms with Gasteiger partial charge < -0.3 is 9.84 Å². The van der Waals surface area contributed by atoms with Gasteiger partial charge in [0.2, 0.25) is 0 Å². The maximum absolute atomic E-state index is 12.7. The van der Waals surface area contributed by atoms with Gasteiger partial charge in [0, 0.05) is 18.4 Å². The SMILES string of the molecule is CC(=O)OCC1Cc2ccc(O)c(C(=O)c3ccccc3)c21. The highest BCUT2D eigenvalue weighted by atomic mass is 16.5. The van der Waals surface area contributed by atoms with Crippen molar-refractivity contribution in [3.05, 3.63) is 64.7 Å². The molecule has 112 valence electrons. The summed E-state index contributed by atoms with van der Waals surface area (Å²) in [5.41, 5.74) is 2.68. The fraction of sp³-hybridized carbons (Fsp3) is 0.222. The molecule has 0 bridgehead atoms. The number of hydrogen-bond donors (Lipinski definition) is 1. The van der Waals surface area contributed by atoms with Gasteiger partial charge in [-0.05, 0) is 23.6 Å². The summed E-state index contributed by atoms with van der Waals surface area (Å²) >= 11 is 0. The van der Waals surface area contributed by atoms with Gasteiger partial charge in [-0.3, -0.25) is 9.59 Å². The number of ether oxygens (including phenoxy) is 1. The van der Waals surface area contributed by atoms with E-state index in [1.54, 1.807) is 30.3 Å². The Morgan fingerprint density at radius 2 is 1.91 bits per heavy atom. The molecule has 1 atom stereocenters. The van der Waals surface area contributed by atoms with Crippen molar-refractivity contribution in [3.63, 3.8) is 0 Å². The van der Waals surface area contributed by atoms with Gasteiger partial charge in [-0.25, -0.2) is 0 Å². The van der Waals surface area contributed by atoms with Gasteiger partial charge in [0.1, 0.15) is 5.75 Å². The molecule has 4 heteroatoms. The van der Waals surface area contributed by atoms with Crippen LogP contribution in [0.4, 0.5) is 0 Å². The van der Waals surface area contributed by atoms with E-state index in [0.717, 1.165) is 17.5 Å². The Morgan fingerprint density at radius 1 is 1.18 bits per heavy atom. The van der Waals surface area contributed by atoms with Crippen molar-refractivity contribution in [1.29, 1.82) is 0 Å². The van der Waals surface area contributed by atoms with Crippen LogP contribution in [0.2, 0.25) is 0 Å². The van der Waals surface area contributed by atoms with Crippen molar-refractivity contribution >= 4 is 11.8 Å². The van der Waals surface area contributed by atoms with Gasteiger partial charge in [-0.1, -0.05) is 36.4 Å². The fourth-order valence-electron chi connectivity index (χ4n) is 2.86. The van der Waals surface area contributed by atoms with Crippen LogP contribution in [0.25, 0.3) is 0 Å². The van der Waals surface area contributed by atoms with Crippen LogP contribution >= 0.6 is 0 Å².